The predicted octanol–water partition coefficient (Wildman–Crippen LogP) is 17.9. The molecule has 0 spiro atoms. The van der Waals surface area contributed by atoms with Gasteiger partial charge in [0.1, 0.15) is 13.2 Å². The second kappa shape index (κ2) is 52.0. The average molecular weight is 883 g/mol. The van der Waals surface area contributed by atoms with Crippen molar-refractivity contribution in [2.75, 3.05) is 13.2 Å². The summed E-state index contributed by atoms with van der Waals surface area (Å²) in [5.74, 6) is -0.896. The molecule has 0 amide bonds. The zero-order valence-corrected chi connectivity index (χ0v) is 41.8. The third-order valence-electron chi connectivity index (χ3n) is 11.9. The van der Waals surface area contributed by atoms with Crippen LogP contribution in [0.3, 0.4) is 0 Å². The van der Waals surface area contributed by atoms with E-state index in [4.69, 9.17) is 14.2 Å². The lowest BCUT2D eigenvalue weighted by Gasteiger charge is -2.18. The summed E-state index contributed by atoms with van der Waals surface area (Å²) in [6, 6.07) is 0. The van der Waals surface area contributed by atoms with Crippen molar-refractivity contribution < 1.29 is 28.6 Å². The molecule has 6 nitrogen and oxygen atoms in total. The van der Waals surface area contributed by atoms with Gasteiger partial charge in [0, 0.05) is 19.3 Å². The molecule has 0 aromatic carbocycles. The number of esters is 3. The maximum absolute atomic E-state index is 12.8. The monoisotopic (exact) mass is 883 g/mol. The average Bonchev–Trinajstić information content (AvgIpc) is 3.28. The Kier molecular flexibility index (Phi) is 49.8. The number of hydrogen-bond donors (Lipinski definition) is 0. The highest BCUT2D eigenvalue weighted by Crippen LogP contribution is 2.16. The summed E-state index contributed by atoms with van der Waals surface area (Å²) in [6.07, 6.45) is 62.4. The van der Waals surface area contributed by atoms with Crippen LogP contribution in [0.2, 0.25) is 0 Å². The van der Waals surface area contributed by atoms with E-state index in [9.17, 15) is 14.4 Å². The fraction of sp³-hybridized carbons (Fsp3) is 0.807. The molecule has 0 saturated heterocycles. The molecule has 0 aromatic rings. The van der Waals surface area contributed by atoms with Gasteiger partial charge in [0.15, 0.2) is 6.10 Å². The molecule has 0 rings (SSSR count). The van der Waals surface area contributed by atoms with E-state index in [1.807, 2.05) is 0 Å². The highest BCUT2D eigenvalue weighted by Gasteiger charge is 2.19. The van der Waals surface area contributed by atoms with Gasteiger partial charge in [-0.2, -0.15) is 0 Å². The molecule has 1 unspecified atom stereocenters. The first-order valence-electron chi connectivity index (χ1n) is 27.2. The Morgan fingerprint density at radius 3 is 1.00 bits per heavy atom. The van der Waals surface area contributed by atoms with E-state index in [-0.39, 0.29) is 31.1 Å². The summed E-state index contributed by atoms with van der Waals surface area (Å²) in [5, 5.41) is 0. The summed E-state index contributed by atoms with van der Waals surface area (Å²) >= 11 is 0. The first-order valence-corrected chi connectivity index (χ1v) is 27.2. The molecule has 0 saturated carbocycles. The molecule has 0 aliphatic heterocycles. The number of hydrogen-bond acceptors (Lipinski definition) is 6. The van der Waals surface area contributed by atoms with E-state index >= 15 is 0 Å². The highest BCUT2D eigenvalue weighted by molar-refractivity contribution is 5.71. The van der Waals surface area contributed by atoms with Crippen molar-refractivity contribution in [3.63, 3.8) is 0 Å². The molecule has 0 N–H and O–H groups in total. The van der Waals surface area contributed by atoms with E-state index in [2.05, 4.69) is 69.4 Å². The van der Waals surface area contributed by atoms with Crippen molar-refractivity contribution in [3.8, 4) is 0 Å². The van der Waals surface area contributed by atoms with Crippen LogP contribution in [0.25, 0.3) is 0 Å². The Hall–Kier alpha value is -2.63. The lowest BCUT2D eigenvalue weighted by atomic mass is 10.0. The second-order valence-corrected chi connectivity index (χ2v) is 18.2. The lowest BCUT2D eigenvalue weighted by molar-refractivity contribution is -0.167. The quantitative estimate of drug-likeness (QED) is 0.0199. The maximum Gasteiger partial charge on any atom is 0.306 e. The number of ether oxygens (including phenoxy) is 3. The van der Waals surface area contributed by atoms with Gasteiger partial charge >= 0.3 is 17.9 Å². The van der Waals surface area contributed by atoms with Crippen LogP contribution in [0, 0.1) is 0 Å². The van der Waals surface area contributed by atoms with Crippen molar-refractivity contribution in [1.82, 2.24) is 0 Å². The molecule has 6 heteroatoms. The molecular weight excluding hydrogens is 781 g/mol. The van der Waals surface area contributed by atoms with Crippen LogP contribution in [-0.4, -0.2) is 37.2 Å². The summed E-state index contributed by atoms with van der Waals surface area (Å²) in [4.78, 5) is 38.0. The van der Waals surface area contributed by atoms with Crippen molar-refractivity contribution in [2.24, 2.45) is 0 Å². The van der Waals surface area contributed by atoms with Crippen LogP contribution in [0.1, 0.15) is 278 Å². The van der Waals surface area contributed by atoms with E-state index < -0.39 is 6.10 Å². The van der Waals surface area contributed by atoms with Crippen LogP contribution in [0.15, 0.2) is 48.6 Å². The van der Waals surface area contributed by atoms with Gasteiger partial charge in [-0.3, -0.25) is 14.4 Å². The first kappa shape index (κ1) is 60.4. The smallest absolute Gasteiger partial charge is 0.306 e. The largest absolute Gasteiger partial charge is 0.462 e. The van der Waals surface area contributed by atoms with E-state index in [0.717, 1.165) is 83.5 Å². The van der Waals surface area contributed by atoms with E-state index in [1.54, 1.807) is 0 Å². The molecule has 0 fully saturated rings. The SMILES string of the molecule is CC\C=C/C=C\C=C/CCCCCCCC(=O)OC(COC(=O)CCCCCCCCC/C=C\CCCCCCCCCC)COC(=O)CCCCCCCCCCCCCCC. The predicted molar refractivity (Wildman–Crippen MR) is 270 cm³/mol. The molecule has 63 heavy (non-hydrogen) atoms. The number of allylic oxidation sites excluding steroid dienone is 8. The van der Waals surface area contributed by atoms with Crippen LogP contribution >= 0.6 is 0 Å². The molecule has 0 radical (unpaired) electrons. The Balaban J connectivity index is 4.34. The van der Waals surface area contributed by atoms with Gasteiger partial charge in [0.25, 0.3) is 0 Å². The molecule has 0 aliphatic rings. The molecule has 0 bridgehead atoms. The van der Waals surface area contributed by atoms with Gasteiger partial charge in [-0.15, -0.1) is 0 Å². The van der Waals surface area contributed by atoms with Gasteiger partial charge in [0.05, 0.1) is 0 Å². The van der Waals surface area contributed by atoms with Crippen molar-refractivity contribution in [1.29, 1.82) is 0 Å². The van der Waals surface area contributed by atoms with Crippen LogP contribution < -0.4 is 0 Å². The summed E-state index contributed by atoms with van der Waals surface area (Å²) in [5.41, 5.74) is 0. The van der Waals surface area contributed by atoms with Crippen molar-refractivity contribution >= 4 is 17.9 Å². The topological polar surface area (TPSA) is 78.9 Å². The Labute approximate surface area is 390 Å². The van der Waals surface area contributed by atoms with Crippen LogP contribution in [0.4, 0.5) is 0 Å². The summed E-state index contributed by atoms with van der Waals surface area (Å²) in [7, 11) is 0. The highest BCUT2D eigenvalue weighted by atomic mass is 16.6. The number of carbonyl (C=O) groups is 3. The van der Waals surface area contributed by atoms with Gasteiger partial charge in [-0.05, 0) is 64.2 Å². The minimum absolute atomic E-state index is 0.0804. The van der Waals surface area contributed by atoms with Gasteiger partial charge in [0.2, 0.25) is 0 Å². The Morgan fingerprint density at radius 1 is 0.333 bits per heavy atom. The number of unbranched alkanes of at least 4 members (excludes halogenated alkanes) is 32. The molecule has 1 atom stereocenters. The zero-order chi connectivity index (χ0) is 45.8. The van der Waals surface area contributed by atoms with Crippen LogP contribution in [-0.2, 0) is 28.6 Å². The van der Waals surface area contributed by atoms with Gasteiger partial charge in [-0.25, -0.2) is 0 Å². The molecule has 366 valence electrons. The first-order chi connectivity index (χ1) is 31.0. The Bertz CT molecular complexity index is 1110. The molecule has 0 aliphatic carbocycles. The molecular formula is C57H102O6. The zero-order valence-electron chi connectivity index (χ0n) is 41.8. The standard InChI is InChI=1S/C57H102O6/c1-4-7-10-13-16-19-22-25-26-27-28-29-30-33-35-38-41-44-47-50-56(59)62-53-54(63-57(60)51-48-45-42-39-36-32-24-21-18-15-12-9-6-3)52-61-55(58)49-46-43-40-37-34-31-23-20-17-14-11-8-5-2/h9,12,15,18,21,24,27-28,54H,4-8,10-11,13-14,16-17,19-20,22-23,25-26,29-53H2,1-3H3/b12-9-,18-15-,24-21-,28-27-. The maximum atomic E-state index is 12.8. The third kappa shape index (κ3) is 50.2. The van der Waals surface area contributed by atoms with E-state index in [0.29, 0.717) is 19.3 Å². The summed E-state index contributed by atoms with van der Waals surface area (Å²) < 4.78 is 16.8. The fourth-order valence-electron chi connectivity index (χ4n) is 7.79. The van der Waals surface area contributed by atoms with E-state index in [1.165, 1.54) is 154 Å². The second-order valence-electron chi connectivity index (χ2n) is 18.2. The molecule has 0 aromatic heterocycles. The fourth-order valence-corrected chi connectivity index (χ4v) is 7.79. The third-order valence-corrected chi connectivity index (χ3v) is 11.9. The lowest BCUT2D eigenvalue weighted by Crippen LogP contribution is -2.30. The van der Waals surface area contributed by atoms with Crippen LogP contribution in [0.5, 0.6) is 0 Å². The number of rotatable bonds is 49. The normalized spacial score (nSPS) is 12.4. The minimum Gasteiger partial charge on any atom is -0.462 e. The summed E-state index contributed by atoms with van der Waals surface area (Å²) in [6.45, 7) is 6.51. The van der Waals surface area contributed by atoms with Crippen molar-refractivity contribution in [3.05, 3.63) is 48.6 Å². The minimum atomic E-state index is -0.782. The molecule has 0 heterocycles. The number of carbonyl (C=O) groups excluding carboxylic acids is 3. The van der Waals surface area contributed by atoms with Crippen molar-refractivity contribution in [2.45, 2.75) is 284 Å². The van der Waals surface area contributed by atoms with Gasteiger partial charge < -0.3 is 14.2 Å². The Morgan fingerprint density at radius 2 is 0.635 bits per heavy atom. The van der Waals surface area contributed by atoms with Gasteiger partial charge in [-0.1, -0.05) is 243 Å².